The Labute approximate surface area is 103 Å². The minimum atomic E-state index is -0.899. The normalized spacial score (nSPS) is 11.8. The zero-order valence-electron chi connectivity index (χ0n) is 10.1. The zero-order valence-corrected chi connectivity index (χ0v) is 10.1. The maximum Gasteiger partial charge on any atom is 0.231 e. The van der Waals surface area contributed by atoms with Crippen LogP contribution in [0.5, 0.6) is 0 Å². The lowest BCUT2D eigenvalue weighted by molar-refractivity contribution is 0.364. The Morgan fingerprint density at radius 1 is 1.33 bits per heavy atom. The molecular weight excluding hydrogens is 240 g/mol. The van der Waals surface area contributed by atoms with Crippen molar-refractivity contribution in [3.05, 3.63) is 47.1 Å². The number of hydrogen-bond acceptors (Lipinski definition) is 4. The molecule has 96 valence electrons. The molecule has 0 amide bonds. The second-order valence-electron chi connectivity index (χ2n) is 4.62. The van der Waals surface area contributed by atoms with Gasteiger partial charge in [-0.3, -0.25) is 0 Å². The molecule has 0 aliphatic rings. The maximum atomic E-state index is 13.4. The third kappa shape index (κ3) is 2.53. The molecule has 0 saturated carbocycles. The summed E-state index contributed by atoms with van der Waals surface area (Å²) in [5.74, 6) is -1.27. The highest BCUT2D eigenvalue weighted by molar-refractivity contribution is 5.21. The molecule has 2 N–H and O–H groups in total. The van der Waals surface area contributed by atoms with Crippen LogP contribution in [0.4, 0.5) is 8.78 Å². The van der Waals surface area contributed by atoms with E-state index in [9.17, 15) is 8.78 Å². The number of rotatable bonds is 3. The molecule has 18 heavy (non-hydrogen) atoms. The van der Waals surface area contributed by atoms with Gasteiger partial charge in [-0.15, -0.1) is 0 Å². The highest BCUT2D eigenvalue weighted by atomic mass is 19.2. The van der Waals surface area contributed by atoms with Gasteiger partial charge in [0.05, 0.1) is 12.0 Å². The number of benzene rings is 1. The Bertz CT molecular complexity index is 561. The van der Waals surface area contributed by atoms with Crippen LogP contribution >= 0.6 is 0 Å². The van der Waals surface area contributed by atoms with Gasteiger partial charge < -0.3 is 10.3 Å². The summed E-state index contributed by atoms with van der Waals surface area (Å²) in [5, 5.41) is 3.71. The smallest absolute Gasteiger partial charge is 0.231 e. The van der Waals surface area contributed by atoms with Gasteiger partial charge in [-0.25, -0.2) is 8.78 Å². The molecule has 0 radical (unpaired) electrons. The summed E-state index contributed by atoms with van der Waals surface area (Å²) in [5.41, 5.74) is 5.23. The molecule has 4 nitrogen and oxygen atoms in total. The third-order valence-corrected chi connectivity index (χ3v) is 2.42. The second-order valence-corrected chi connectivity index (χ2v) is 4.62. The second kappa shape index (κ2) is 4.45. The highest BCUT2D eigenvalue weighted by Crippen LogP contribution is 2.17. The number of aromatic nitrogens is 2. The van der Waals surface area contributed by atoms with E-state index in [0.29, 0.717) is 5.82 Å². The average molecular weight is 253 g/mol. The maximum absolute atomic E-state index is 13.4. The number of halogens is 2. The molecule has 1 aromatic carbocycles. The fraction of sp³-hybridized carbons (Fsp3) is 0.333. The Kier molecular flexibility index (Phi) is 3.13. The molecule has 0 atom stereocenters. The zero-order chi connectivity index (χ0) is 13.3. The first-order chi connectivity index (χ1) is 8.38. The monoisotopic (exact) mass is 253 g/mol. The van der Waals surface area contributed by atoms with E-state index >= 15 is 0 Å². The van der Waals surface area contributed by atoms with E-state index in [-0.39, 0.29) is 17.9 Å². The van der Waals surface area contributed by atoms with Crippen molar-refractivity contribution in [2.24, 2.45) is 5.73 Å². The fourth-order valence-electron chi connectivity index (χ4n) is 1.44. The van der Waals surface area contributed by atoms with Crippen LogP contribution in [0.25, 0.3) is 0 Å². The largest absolute Gasteiger partial charge is 0.339 e. The summed E-state index contributed by atoms with van der Waals surface area (Å²) in [7, 11) is 0. The lowest BCUT2D eigenvalue weighted by Crippen LogP contribution is -2.30. The van der Waals surface area contributed by atoms with Crippen LogP contribution in [-0.4, -0.2) is 10.1 Å². The lowest BCUT2D eigenvalue weighted by atomic mass is 10.1. The Hall–Kier alpha value is -1.82. The standard InChI is InChI=1S/C12H13F2N3O/c1-12(2,15)11-16-9(18-17-11)6-7-4-3-5-8(13)10(7)14/h3-5H,6,15H2,1-2H3. The van der Waals surface area contributed by atoms with Gasteiger partial charge in [0, 0.05) is 5.56 Å². The van der Waals surface area contributed by atoms with E-state index in [1.807, 2.05) is 0 Å². The van der Waals surface area contributed by atoms with Crippen LogP contribution < -0.4 is 5.73 Å². The number of nitrogens with zero attached hydrogens (tertiary/aromatic N) is 2. The molecule has 0 aliphatic heterocycles. The first kappa shape index (κ1) is 12.6. The van der Waals surface area contributed by atoms with Crippen molar-refractivity contribution in [3.8, 4) is 0 Å². The molecule has 2 rings (SSSR count). The van der Waals surface area contributed by atoms with Crippen molar-refractivity contribution in [3.63, 3.8) is 0 Å². The summed E-state index contributed by atoms with van der Waals surface area (Å²) in [6, 6.07) is 3.95. The van der Waals surface area contributed by atoms with Crippen molar-refractivity contribution < 1.29 is 13.3 Å². The van der Waals surface area contributed by atoms with Crippen LogP contribution in [0.15, 0.2) is 22.7 Å². The molecule has 0 unspecified atom stereocenters. The van der Waals surface area contributed by atoms with E-state index in [0.717, 1.165) is 6.07 Å². The van der Waals surface area contributed by atoms with Gasteiger partial charge in [0.15, 0.2) is 17.5 Å². The first-order valence-electron chi connectivity index (χ1n) is 5.43. The predicted molar refractivity (Wildman–Crippen MR) is 60.7 cm³/mol. The van der Waals surface area contributed by atoms with Crippen LogP contribution in [0.1, 0.15) is 31.1 Å². The molecule has 0 spiro atoms. The molecule has 2 aromatic rings. The molecule has 0 bridgehead atoms. The summed E-state index contributed by atoms with van der Waals surface area (Å²) >= 11 is 0. The van der Waals surface area contributed by atoms with Crippen molar-refractivity contribution in [2.75, 3.05) is 0 Å². The SMILES string of the molecule is CC(C)(N)c1noc(Cc2cccc(F)c2F)n1. The Balaban J connectivity index is 2.24. The lowest BCUT2D eigenvalue weighted by Gasteiger charge is -2.11. The average Bonchev–Trinajstić information content (AvgIpc) is 2.73. The van der Waals surface area contributed by atoms with Gasteiger partial charge in [0.1, 0.15) is 0 Å². The molecular formula is C12H13F2N3O. The molecule has 0 saturated heterocycles. The third-order valence-electron chi connectivity index (χ3n) is 2.42. The van der Waals surface area contributed by atoms with E-state index in [1.165, 1.54) is 12.1 Å². The summed E-state index contributed by atoms with van der Waals surface area (Å²) in [6.07, 6.45) is 0.0344. The minimum absolute atomic E-state index is 0.0344. The number of hydrogen-bond donors (Lipinski definition) is 1. The Morgan fingerprint density at radius 2 is 2.06 bits per heavy atom. The molecule has 1 heterocycles. The van der Waals surface area contributed by atoms with Gasteiger partial charge in [-0.2, -0.15) is 4.98 Å². The number of nitrogens with two attached hydrogens (primary N) is 1. The van der Waals surface area contributed by atoms with Crippen molar-refractivity contribution in [2.45, 2.75) is 25.8 Å². The minimum Gasteiger partial charge on any atom is -0.339 e. The summed E-state index contributed by atoms with van der Waals surface area (Å²) < 4.78 is 31.4. The van der Waals surface area contributed by atoms with Crippen molar-refractivity contribution in [1.82, 2.24) is 10.1 Å². The topological polar surface area (TPSA) is 64.9 Å². The highest BCUT2D eigenvalue weighted by Gasteiger charge is 2.22. The molecule has 0 aliphatic carbocycles. The summed E-state index contributed by atoms with van der Waals surface area (Å²) in [6.45, 7) is 3.45. The fourth-order valence-corrected chi connectivity index (χ4v) is 1.44. The van der Waals surface area contributed by atoms with Crippen LogP contribution in [0, 0.1) is 11.6 Å². The van der Waals surface area contributed by atoms with Crippen molar-refractivity contribution >= 4 is 0 Å². The van der Waals surface area contributed by atoms with Gasteiger partial charge in [-0.05, 0) is 19.9 Å². The van der Waals surface area contributed by atoms with Crippen LogP contribution in [0.2, 0.25) is 0 Å². The summed E-state index contributed by atoms with van der Waals surface area (Å²) in [4.78, 5) is 4.06. The van der Waals surface area contributed by atoms with Gasteiger partial charge in [-0.1, -0.05) is 17.3 Å². The Morgan fingerprint density at radius 3 is 2.67 bits per heavy atom. The molecule has 0 fully saturated rings. The van der Waals surface area contributed by atoms with E-state index in [1.54, 1.807) is 13.8 Å². The van der Waals surface area contributed by atoms with Crippen molar-refractivity contribution in [1.29, 1.82) is 0 Å². The molecule has 6 heteroatoms. The molecule has 1 aromatic heterocycles. The van der Waals surface area contributed by atoms with E-state index < -0.39 is 17.2 Å². The first-order valence-corrected chi connectivity index (χ1v) is 5.43. The quantitative estimate of drug-likeness (QED) is 0.910. The van der Waals surface area contributed by atoms with Gasteiger partial charge in [0.2, 0.25) is 5.89 Å². The van der Waals surface area contributed by atoms with Gasteiger partial charge in [0.25, 0.3) is 0 Å². The van der Waals surface area contributed by atoms with E-state index in [2.05, 4.69) is 10.1 Å². The van der Waals surface area contributed by atoms with E-state index in [4.69, 9.17) is 10.3 Å². The predicted octanol–water partition coefficient (Wildman–Crippen LogP) is 2.13. The van der Waals surface area contributed by atoms with Crippen LogP contribution in [0.3, 0.4) is 0 Å². The van der Waals surface area contributed by atoms with Gasteiger partial charge >= 0.3 is 0 Å². The van der Waals surface area contributed by atoms with Crippen LogP contribution in [-0.2, 0) is 12.0 Å².